The molecule has 0 saturated heterocycles. The maximum atomic E-state index is 5.33. The Bertz CT molecular complexity index is 307. The Labute approximate surface area is 77.1 Å². The number of anilines is 1. The molecule has 0 fully saturated rings. The van der Waals surface area contributed by atoms with E-state index in [4.69, 9.17) is 18.0 Å². The average molecular weight is 178 g/mol. The van der Waals surface area contributed by atoms with Gasteiger partial charge in [-0.1, -0.05) is 30.9 Å². The van der Waals surface area contributed by atoms with Crippen LogP contribution >= 0.6 is 12.2 Å². The van der Waals surface area contributed by atoms with Crippen LogP contribution in [0.1, 0.15) is 5.56 Å². The molecular weight excluding hydrogens is 168 g/mol. The Morgan fingerprint density at radius 2 is 2.17 bits per heavy atom. The first-order valence-corrected chi connectivity index (χ1v) is 3.93. The highest BCUT2D eigenvalue weighted by atomic mass is 32.1. The second-order valence-electron chi connectivity index (χ2n) is 2.28. The van der Waals surface area contributed by atoms with Crippen LogP contribution in [-0.2, 0) is 0 Å². The predicted octanol–water partition coefficient (Wildman–Crippen LogP) is 1.99. The van der Waals surface area contributed by atoms with Crippen molar-refractivity contribution in [3.8, 4) is 0 Å². The van der Waals surface area contributed by atoms with Crippen LogP contribution in [0.3, 0.4) is 0 Å². The molecule has 0 radical (unpaired) electrons. The average Bonchev–Trinajstić information content (AvgIpc) is 2.04. The van der Waals surface area contributed by atoms with Crippen LogP contribution < -0.4 is 11.1 Å². The van der Waals surface area contributed by atoms with Crippen molar-refractivity contribution in [2.45, 2.75) is 0 Å². The van der Waals surface area contributed by atoms with Gasteiger partial charge in [-0.15, -0.1) is 0 Å². The molecule has 0 aliphatic rings. The minimum atomic E-state index is 0.268. The Kier molecular flexibility index (Phi) is 2.82. The van der Waals surface area contributed by atoms with Gasteiger partial charge in [0.25, 0.3) is 0 Å². The Morgan fingerprint density at radius 1 is 1.50 bits per heavy atom. The van der Waals surface area contributed by atoms with Crippen molar-refractivity contribution in [2.24, 2.45) is 5.73 Å². The molecule has 1 aromatic carbocycles. The SMILES string of the molecule is C=Cc1ccccc1NC(N)=S. The third-order valence-electron chi connectivity index (χ3n) is 1.44. The summed E-state index contributed by atoms with van der Waals surface area (Å²) in [7, 11) is 0. The molecule has 3 N–H and O–H groups in total. The molecule has 0 spiro atoms. The number of nitrogens with one attached hydrogen (secondary N) is 1. The van der Waals surface area contributed by atoms with E-state index in [1.807, 2.05) is 24.3 Å². The number of hydrogen-bond acceptors (Lipinski definition) is 1. The topological polar surface area (TPSA) is 38.0 Å². The summed E-state index contributed by atoms with van der Waals surface area (Å²) >= 11 is 4.72. The molecule has 0 amide bonds. The Hall–Kier alpha value is -1.35. The first kappa shape index (κ1) is 8.74. The van der Waals surface area contributed by atoms with Gasteiger partial charge in [0.1, 0.15) is 0 Å². The van der Waals surface area contributed by atoms with Crippen molar-refractivity contribution in [1.29, 1.82) is 0 Å². The zero-order valence-corrected chi connectivity index (χ0v) is 7.40. The van der Waals surface area contributed by atoms with Crippen molar-refractivity contribution in [1.82, 2.24) is 0 Å². The minimum absolute atomic E-state index is 0.268. The number of rotatable bonds is 2. The van der Waals surface area contributed by atoms with Crippen molar-refractivity contribution in [3.05, 3.63) is 36.4 Å². The number of hydrogen-bond donors (Lipinski definition) is 2. The maximum Gasteiger partial charge on any atom is 0.168 e. The van der Waals surface area contributed by atoms with Gasteiger partial charge in [0.2, 0.25) is 0 Å². The monoisotopic (exact) mass is 178 g/mol. The van der Waals surface area contributed by atoms with Crippen LogP contribution in [0.15, 0.2) is 30.8 Å². The summed E-state index contributed by atoms with van der Waals surface area (Å²) in [6, 6.07) is 7.68. The zero-order chi connectivity index (χ0) is 8.97. The molecule has 0 unspecified atom stereocenters. The molecule has 0 saturated carbocycles. The second kappa shape index (κ2) is 3.88. The van der Waals surface area contributed by atoms with Crippen LogP contribution in [0.4, 0.5) is 5.69 Å². The molecule has 0 heterocycles. The van der Waals surface area contributed by atoms with Gasteiger partial charge in [0, 0.05) is 5.69 Å². The predicted molar refractivity (Wildman–Crippen MR) is 56.9 cm³/mol. The fraction of sp³-hybridized carbons (Fsp3) is 0. The Balaban J connectivity index is 2.96. The van der Waals surface area contributed by atoms with E-state index in [1.165, 1.54) is 0 Å². The summed E-state index contributed by atoms with van der Waals surface area (Å²) in [5.41, 5.74) is 7.21. The quantitative estimate of drug-likeness (QED) is 0.680. The molecule has 1 rings (SSSR count). The highest BCUT2D eigenvalue weighted by Crippen LogP contribution is 2.15. The van der Waals surface area contributed by atoms with Gasteiger partial charge < -0.3 is 11.1 Å². The number of benzene rings is 1. The van der Waals surface area contributed by atoms with Crippen LogP contribution in [0, 0.1) is 0 Å². The molecule has 0 aliphatic heterocycles. The smallest absolute Gasteiger partial charge is 0.168 e. The van der Waals surface area contributed by atoms with E-state index in [0.717, 1.165) is 11.3 Å². The second-order valence-corrected chi connectivity index (χ2v) is 2.72. The van der Waals surface area contributed by atoms with E-state index in [2.05, 4.69) is 11.9 Å². The van der Waals surface area contributed by atoms with Gasteiger partial charge in [-0.25, -0.2) is 0 Å². The molecule has 0 atom stereocenters. The van der Waals surface area contributed by atoms with Crippen LogP contribution in [0.25, 0.3) is 6.08 Å². The van der Waals surface area contributed by atoms with Gasteiger partial charge in [-0.2, -0.15) is 0 Å². The summed E-state index contributed by atoms with van der Waals surface area (Å²) in [6.45, 7) is 3.67. The Morgan fingerprint density at radius 3 is 2.75 bits per heavy atom. The zero-order valence-electron chi connectivity index (χ0n) is 6.58. The summed E-state index contributed by atoms with van der Waals surface area (Å²) in [5, 5.41) is 3.13. The van der Waals surface area contributed by atoms with E-state index < -0.39 is 0 Å². The van der Waals surface area contributed by atoms with E-state index in [9.17, 15) is 0 Å². The van der Waals surface area contributed by atoms with Gasteiger partial charge in [0.15, 0.2) is 5.11 Å². The maximum absolute atomic E-state index is 5.33. The van der Waals surface area contributed by atoms with Gasteiger partial charge >= 0.3 is 0 Å². The molecule has 0 bridgehead atoms. The molecule has 12 heavy (non-hydrogen) atoms. The molecule has 62 valence electrons. The summed E-state index contributed by atoms with van der Waals surface area (Å²) in [6.07, 6.45) is 1.75. The molecule has 0 aliphatic carbocycles. The lowest BCUT2D eigenvalue weighted by molar-refractivity contribution is 1.58. The lowest BCUT2D eigenvalue weighted by atomic mass is 10.2. The standard InChI is InChI=1S/C9H10N2S/c1-2-7-5-3-4-6-8(7)11-9(10)12/h2-6H,1H2,(H3,10,11,12). The number of para-hydroxylation sites is 1. The molecular formula is C9H10N2S. The molecule has 2 nitrogen and oxygen atoms in total. The highest BCUT2D eigenvalue weighted by Gasteiger charge is 1.96. The summed E-state index contributed by atoms with van der Waals surface area (Å²) in [5.74, 6) is 0. The van der Waals surface area contributed by atoms with Crippen LogP contribution in [0.2, 0.25) is 0 Å². The van der Waals surface area contributed by atoms with Crippen molar-refractivity contribution < 1.29 is 0 Å². The van der Waals surface area contributed by atoms with E-state index in [0.29, 0.717) is 0 Å². The highest BCUT2D eigenvalue weighted by molar-refractivity contribution is 7.80. The number of nitrogens with two attached hydrogens (primary N) is 1. The third kappa shape index (κ3) is 2.07. The largest absolute Gasteiger partial charge is 0.376 e. The summed E-state index contributed by atoms with van der Waals surface area (Å²) in [4.78, 5) is 0. The van der Waals surface area contributed by atoms with Gasteiger partial charge in [0.05, 0.1) is 0 Å². The first-order valence-electron chi connectivity index (χ1n) is 3.52. The fourth-order valence-electron chi connectivity index (χ4n) is 0.922. The lowest BCUT2D eigenvalue weighted by Gasteiger charge is -2.06. The molecule has 1 aromatic rings. The number of thiocarbonyl (C=S) groups is 1. The van der Waals surface area contributed by atoms with Crippen molar-refractivity contribution >= 4 is 29.1 Å². The van der Waals surface area contributed by atoms with Gasteiger partial charge in [-0.3, -0.25) is 0 Å². The fourth-order valence-corrected chi connectivity index (χ4v) is 1.03. The minimum Gasteiger partial charge on any atom is -0.376 e. The normalized spacial score (nSPS) is 9.00. The summed E-state index contributed by atoms with van der Waals surface area (Å²) < 4.78 is 0. The third-order valence-corrected chi connectivity index (χ3v) is 1.54. The van der Waals surface area contributed by atoms with E-state index in [1.54, 1.807) is 6.08 Å². The first-order chi connectivity index (χ1) is 5.74. The van der Waals surface area contributed by atoms with Crippen LogP contribution in [0.5, 0.6) is 0 Å². The molecule has 0 aromatic heterocycles. The molecule has 3 heteroatoms. The van der Waals surface area contributed by atoms with E-state index in [-0.39, 0.29) is 5.11 Å². The van der Waals surface area contributed by atoms with E-state index >= 15 is 0 Å². The van der Waals surface area contributed by atoms with Crippen molar-refractivity contribution in [3.63, 3.8) is 0 Å². The lowest BCUT2D eigenvalue weighted by Crippen LogP contribution is -2.19. The van der Waals surface area contributed by atoms with Gasteiger partial charge in [-0.05, 0) is 23.8 Å². The van der Waals surface area contributed by atoms with Crippen molar-refractivity contribution in [2.75, 3.05) is 5.32 Å². The van der Waals surface area contributed by atoms with Crippen LogP contribution in [-0.4, -0.2) is 5.11 Å².